The summed E-state index contributed by atoms with van der Waals surface area (Å²) in [5.74, 6) is 0.267. The second kappa shape index (κ2) is 4.39. The molecule has 1 fully saturated rings. The largest absolute Gasteiger partial charge is 0.444 e. The van der Waals surface area contributed by atoms with Crippen LogP contribution in [0.2, 0.25) is 0 Å². The molecule has 2 atom stereocenters. The third-order valence-electron chi connectivity index (χ3n) is 2.57. The number of carbonyl (C=O) groups excluding carboxylic acids is 1. The molecule has 1 N–H and O–H groups in total. The topological polar surface area (TPSA) is 49.8 Å². The molecule has 0 saturated carbocycles. The summed E-state index contributed by atoms with van der Waals surface area (Å²) < 4.78 is 5.24. The first-order chi connectivity index (χ1) is 6.79. The Morgan fingerprint density at radius 2 is 2.07 bits per heavy atom. The number of nitrogens with zero attached hydrogens (tertiary/aromatic N) is 1. The molecule has 0 aliphatic carbocycles. The van der Waals surface area contributed by atoms with Gasteiger partial charge in [0, 0.05) is 6.54 Å². The van der Waals surface area contributed by atoms with Gasteiger partial charge >= 0.3 is 6.09 Å². The minimum Gasteiger partial charge on any atom is -0.444 e. The number of amides is 1. The average Bonchev–Trinajstić information content (AvgIpc) is 2.06. The number of likely N-dealkylation sites (tertiary alicyclic amines) is 1. The summed E-state index contributed by atoms with van der Waals surface area (Å²) >= 11 is 0. The number of ether oxygens (including phenoxy) is 1. The number of rotatable bonds is 0. The van der Waals surface area contributed by atoms with E-state index in [2.05, 4.69) is 0 Å². The third-order valence-corrected chi connectivity index (χ3v) is 2.57. The van der Waals surface area contributed by atoms with Gasteiger partial charge in [0.2, 0.25) is 0 Å². The van der Waals surface area contributed by atoms with Crippen molar-refractivity contribution >= 4 is 6.09 Å². The molecule has 88 valence electrons. The highest BCUT2D eigenvalue weighted by molar-refractivity contribution is 5.68. The highest BCUT2D eigenvalue weighted by atomic mass is 16.6. The second-order valence-corrected chi connectivity index (χ2v) is 5.26. The van der Waals surface area contributed by atoms with E-state index in [0.29, 0.717) is 13.1 Å². The lowest BCUT2D eigenvalue weighted by molar-refractivity contribution is -0.00946. The molecular formula is C11H21NO3. The molecule has 4 nitrogen and oxygen atoms in total. The van der Waals surface area contributed by atoms with Crippen LogP contribution in [-0.2, 0) is 4.74 Å². The van der Waals surface area contributed by atoms with Gasteiger partial charge in [0.15, 0.2) is 0 Å². The Bertz CT molecular complexity index is 234. The van der Waals surface area contributed by atoms with Gasteiger partial charge in [0.1, 0.15) is 5.60 Å². The van der Waals surface area contributed by atoms with Crippen LogP contribution in [-0.4, -0.2) is 40.9 Å². The molecule has 1 rings (SSSR count). The van der Waals surface area contributed by atoms with Crippen molar-refractivity contribution in [3.05, 3.63) is 0 Å². The fourth-order valence-electron chi connectivity index (χ4n) is 1.54. The van der Waals surface area contributed by atoms with Gasteiger partial charge in [-0.05, 0) is 33.1 Å². The molecule has 1 amide bonds. The minimum absolute atomic E-state index is 0.267. The first kappa shape index (κ1) is 12.3. The molecular weight excluding hydrogens is 194 g/mol. The van der Waals surface area contributed by atoms with Crippen LogP contribution in [0.4, 0.5) is 4.79 Å². The van der Waals surface area contributed by atoms with Gasteiger partial charge in [0.25, 0.3) is 0 Å². The van der Waals surface area contributed by atoms with E-state index in [4.69, 9.17) is 4.74 Å². The maximum atomic E-state index is 11.7. The summed E-state index contributed by atoms with van der Waals surface area (Å²) in [4.78, 5) is 13.2. The monoisotopic (exact) mass is 215 g/mol. The molecule has 1 aliphatic heterocycles. The van der Waals surface area contributed by atoms with Crippen molar-refractivity contribution in [3.8, 4) is 0 Å². The quantitative estimate of drug-likeness (QED) is 0.668. The fourth-order valence-corrected chi connectivity index (χ4v) is 1.54. The Hall–Kier alpha value is -0.770. The standard InChI is InChI=1S/C11H21NO3/c1-8-5-6-12(7-9(8)13)10(14)15-11(2,3)4/h8-9,13H,5-7H2,1-4H3/t8-,9+/m1/s1. The molecule has 15 heavy (non-hydrogen) atoms. The molecule has 4 heteroatoms. The highest BCUT2D eigenvalue weighted by Crippen LogP contribution is 2.19. The van der Waals surface area contributed by atoms with Crippen molar-refractivity contribution in [2.24, 2.45) is 5.92 Å². The molecule has 0 aromatic heterocycles. The molecule has 0 unspecified atom stereocenters. The smallest absolute Gasteiger partial charge is 0.410 e. The summed E-state index contributed by atoms with van der Waals surface area (Å²) in [6.45, 7) is 8.58. The lowest BCUT2D eigenvalue weighted by atomic mass is 9.96. The lowest BCUT2D eigenvalue weighted by Gasteiger charge is -2.35. The van der Waals surface area contributed by atoms with E-state index in [0.717, 1.165) is 6.42 Å². The normalized spacial score (nSPS) is 27.7. The number of hydrogen-bond acceptors (Lipinski definition) is 3. The molecule has 1 saturated heterocycles. The van der Waals surface area contributed by atoms with Crippen molar-refractivity contribution in [2.75, 3.05) is 13.1 Å². The Morgan fingerprint density at radius 3 is 2.53 bits per heavy atom. The minimum atomic E-state index is -0.467. The van der Waals surface area contributed by atoms with Crippen LogP contribution < -0.4 is 0 Å². The number of hydrogen-bond donors (Lipinski definition) is 1. The summed E-state index contributed by atoms with van der Waals surface area (Å²) in [6, 6.07) is 0. The Balaban J connectivity index is 2.48. The number of aliphatic hydroxyl groups is 1. The average molecular weight is 215 g/mol. The van der Waals surface area contributed by atoms with Gasteiger partial charge in [-0.1, -0.05) is 6.92 Å². The zero-order valence-corrected chi connectivity index (χ0v) is 9.99. The molecule has 1 aliphatic rings. The van der Waals surface area contributed by atoms with Crippen LogP contribution in [0.15, 0.2) is 0 Å². The van der Waals surface area contributed by atoms with E-state index in [9.17, 15) is 9.90 Å². The summed E-state index contributed by atoms with van der Waals surface area (Å²) in [5, 5.41) is 9.65. The van der Waals surface area contributed by atoms with E-state index < -0.39 is 11.7 Å². The SMILES string of the molecule is C[C@@H]1CCN(C(=O)OC(C)(C)C)C[C@@H]1O. The van der Waals surface area contributed by atoms with Crippen molar-refractivity contribution in [1.82, 2.24) is 4.90 Å². The van der Waals surface area contributed by atoms with Crippen molar-refractivity contribution in [1.29, 1.82) is 0 Å². The predicted molar refractivity (Wildman–Crippen MR) is 57.6 cm³/mol. The van der Waals surface area contributed by atoms with Crippen molar-refractivity contribution in [3.63, 3.8) is 0 Å². The second-order valence-electron chi connectivity index (χ2n) is 5.26. The molecule has 0 radical (unpaired) electrons. The maximum absolute atomic E-state index is 11.7. The van der Waals surface area contributed by atoms with Crippen molar-refractivity contribution in [2.45, 2.75) is 45.8 Å². The Labute approximate surface area is 91.2 Å². The molecule has 0 aromatic carbocycles. The van der Waals surface area contributed by atoms with E-state index in [1.807, 2.05) is 27.7 Å². The zero-order chi connectivity index (χ0) is 11.6. The molecule has 0 aromatic rings. The number of carbonyl (C=O) groups is 1. The van der Waals surface area contributed by atoms with E-state index >= 15 is 0 Å². The molecule has 0 bridgehead atoms. The van der Waals surface area contributed by atoms with E-state index in [1.165, 1.54) is 0 Å². The van der Waals surface area contributed by atoms with Gasteiger partial charge in [-0.25, -0.2) is 4.79 Å². The van der Waals surface area contributed by atoms with Crippen LogP contribution in [0, 0.1) is 5.92 Å². The molecule has 1 heterocycles. The van der Waals surface area contributed by atoms with Crippen LogP contribution >= 0.6 is 0 Å². The van der Waals surface area contributed by atoms with Gasteiger partial charge in [-0.3, -0.25) is 0 Å². The van der Waals surface area contributed by atoms with E-state index in [-0.39, 0.29) is 12.0 Å². The number of aliphatic hydroxyl groups excluding tert-OH is 1. The first-order valence-electron chi connectivity index (χ1n) is 5.45. The fraction of sp³-hybridized carbons (Fsp3) is 0.909. The first-order valence-corrected chi connectivity index (χ1v) is 5.45. The van der Waals surface area contributed by atoms with Crippen LogP contribution in [0.25, 0.3) is 0 Å². The predicted octanol–water partition coefficient (Wildman–Crippen LogP) is 1.62. The summed E-state index contributed by atoms with van der Waals surface area (Å²) in [6.07, 6.45) is 0.0835. The summed E-state index contributed by atoms with van der Waals surface area (Å²) in [5.41, 5.74) is -0.467. The highest BCUT2D eigenvalue weighted by Gasteiger charge is 2.29. The van der Waals surface area contributed by atoms with Crippen molar-refractivity contribution < 1.29 is 14.6 Å². The number of β-amino-alcohol motifs (C(OH)–C–C–N with tert-alkyl or cyclic N) is 1. The lowest BCUT2D eigenvalue weighted by Crippen LogP contribution is -2.47. The van der Waals surface area contributed by atoms with Crippen LogP contribution in [0.5, 0.6) is 0 Å². The maximum Gasteiger partial charge on any atom is 0.410 e. The Kier molecular flexibility index (Phi) is 3.60. The summed E-state index contributed by atoms with van der Waals surface area (Å²) in [7, 11) is 0. The third kappa shape index (κ3) is 3.70. The van der Waals surface area contributed by atoms with Gasteiger partial charge in [-0.15, -0.1) is 0 Å². The van der Waals surface area contributed by atoms with Gasteiger partial charge < -0.3 is 14.7 Å². The number of piperidine rings is 1. The Morgan fingerprint density at radius 1 is 1.47 bits per heavy atom. The van der Waals surface area contributed by atoms with Crippen LogP contribution in [0.1, 0.15) is 34.1 Å². The van der Waals surface area contributed by atoms with Gasteiger partial charge in [-0.2, -0.15) is 0 Å². The zero-order valence-electron chi connectivity index (χ0n) is 9.99. The van der Waals surface area contributed by atoms with E-state index in [1.54, 1.807) is 4.90 Å². The van der Waals surface area contributed by atoms with Gasteiger partial charge in [0.05, 0.1) is 12.6 Å². The van der Waals surface area contributed by atoms with Crippen LogP contribution in [0.3, 0.4) is 0 Å². The molecule has 0 spiro atoms.